The maximum atomic E-state index is 13.2. The van der Waals surface area contributed by atoms with Gasteiger partial charge in [-0.2, -0.15) is 13.2 Å². The zero-order valence-electron chi connectivity index (χ0n) is 22.8. The molecule has 0 heterocycles. The van der Waals surface area contributed by atoms with Gasteiger partial charge in [0.05, 0.1) is 22.5 Å². The molecule has 2 atom stereocenters. The van der Waals surface area contributed by atoms with Crippen LogP contribution < -0.4 is 10.0 Å². The minimum absolute atomic E-state index is 0.169. The molecule has 1 fully saturated rings. The first-order valence-corrected chi connectivity index (χ1v) is 15.7. The van der Waals surface area contributed by atoms with Gasteiger partial charge in [0.2, 0.25) is 15.9 Å². The van der Waals surface area contributed by atoms with Crippen LogP contribution in [0.1, 0.15) is 84.8 Å². The van der Waals surface area contributed by atoms with Gasteiger partial charge >= 0.3 is 6.18 Å². The maximum Gasteiger partial charge on any atom is 0.416 e. The highest BCUT2D eigenvalue weighted by molar-refractivity contribution is 7.89. The summed E-state index contributed by atoms with van der Waals surface area (Å²) in [5.41, 5.74) is 3.16. The summed E-state index contributed by atoms with van der Waals surface area (Å²) in [7, 11) is -4.36. The summed E-state index contributed by atoms with van der Waals surface area (Å²) in [5.74, 6) is 0.406. The van der Waals surface area contributed by atoms with Crippen molar-refractivity contribution >= 4 is 15.9 Å². The van der Waals surface area contributed by atoms with Gasteiger partial charge in [-0.1, -0.05) is 86.7 Å². The molecule has 1 amide bonds. The number of alkyl halides is 3. The first-order valence-electron chi connectivity index (χ1n) is 14.2. The Bertz CT molecular complexity index is 1470. The van der Waals surface area contributed by atoms with Crippen molar-refractivity contribution in [3.63, 3.8) is 0 Å². The minimum atomic E-state index is -4.68. The Morgan fingerprint density at radius 2 is 1.66 bits per heavy atom. The summed E-state index contributed by atoms with van der Waals surface area (Å²) in [6, 6.07) is 17.6. The third-order valence-electron chi connectivity index (χ3n) is 8.23. The highest BCUT2D eigenvalue weighted by Gasteiger charge is 2.33. The minimum Gasteiger partial charge on any atom is -0.349 e. The summed E-state index contributed by atoms with van der Waals surface area (Å²) >= 11 is 0. The lowest BCUT2D eigenvalue weighted by Gasteiger charge is -2.22. The summed E-state index contributed by atoms with van der Waals surface area (Å²) < 4.78 is 68.4. The highest BCUT2D eigenvalue weighted by Crippen LogP contribution is 2.35. The zero-order valence-corrected chi connectivity index (χ0v) is 23.6. The molecule has 218 valence electrons. The van der Waals surface area contributed by atoms with Gasteiger partial charge in [0.1, 0.15) is 0 Å². The number of hydrogen-bond donors (Lipinski definition) is 2. The Labute approximate surface area is 239 Å². The third kappa shape index (κ3) is 7.38. The number of nitrogens with one attached hydrogen (secondary N) is 2. The first kappa shape index (κ1) is 29.3. The molecule has 3 aromatic carbocycles. The van der Waals surface area contributed by atoms with Crippen molar-refractivity contribution in [3.05, 3.63) is 101 Å². The Hall–Kier alpha value is -3.17. The SMILES string of the molecule is O=C(C[C@@H](NS(=O)(=O)c1cccc(C(F)(F)F)c1)c1ccccc1)N[C@@H]1CCc2cc(CC3CCCCC3)ccc21. The molecular weight excluding hydrogens is 549 g/mol. The van der Waals surface area contributed by atoms with Gasteiger partial charge in [-0.3, -0.25) is 4.79 Å². The average molecular weight is 585 g/mol. The number of amides is 1. The van der Waals surface area contributed by atoms with Crippen LogP contribution in [-0.4, -0.2) is 14.3 Å². The second kappa shape index (κ2) is 12.4. The van der Waals surface area contributed by atoms with Crippen LogP contribution in [0.4, 0.5) is 13.2 Å². The fraction of sp³-hybridized carbons (Fsp3) is 0.406. The largest absolute Gasteiger partial charge is 0.416 e. The lowest BCUT2D eigenvalue weighted by molar-refractivity contribution is -0.137. The molecule has 5 rings (SSSR count). The van der Waals surface area contributed by atoms with Crippen LogP contribution in [0.5, 0.6) is 0 Å². The molecule has 0 bridgehead atoms. The molecule has 0 radical (unpaired) electrons. The van der Waals surface area contributed by atoms with Gasteiger partial charge in [-0.25, -0.2) is 13.1 Å². The van der Waals surface area contributed by atoms with E-state index in [9.17, 15) is 26.4 Å². The molecule has 2 N–H and O–H groups in total. The van der Waals surface area contributed by atoms with Crippen LogP contribution in [0.2, 0.25) is 0 Å². The standard InChI is InChI=1S/C32H35F3N2O3S/c33-32(34,35)26-12-7-13-27(20-26)41(39,40)37-30(24-10-5-2-6-11-24)21-31(38)36-29-17-15-25-19-23(14-16-28(25)29)18-22-8-3-1-4-9-22/h2,5-7,10-14,16,19-20,22,29-30,37H,1,3-4,8-9,15,17-18,21H2,(H,36,38)/t29-,30-/m1/s1. The smallest absolute Gasteiger partial charge is 0.349 e. The predicted molar refractivity (Wildman–Crippen MR) is 151 cm³/mol. The van der Waals surface area contributed by atoms with E-state index >= 15 is 0 Å². The Morgan fingerprint density at radius 3 is 2.39 bits per heavy atom. The van der Waals surface area contributed by atoms with Crippen molar-refractivity contribution in [3.8, 4) is 0 Å². The van der Waals surface area contributed by atoms with Gasteiger partial charge in [0.25, 0.3) is 0 Å². The number of hydrogen-bond acceptors (Lipinski definition) is 3. The molecule has 2 aliphatic rings. The Kier molecular flexibility index (Phi) is 8.85. The van der Waals surface area contributed by atoms with Crippen molar-refractivity contribution < 1.29 is 26.4 Å². The van der Waals surface area contributed by atoms with E-state index in [4.69, 9.17) is 0 Å². The molecule has 0 aromatic heterocycles. The quantitative estimate of drug-likeness (QED) is 0.283. The van der Waals surface area contributed by atoms with Crippen molar-refractivity contribution in [2.45, 2.75) is 80.9 Å². The predicted octanol–water partition coefficient (Wildman–Crippen LogP) is 7.04. The molecular formula is C32H35F3N2O3S. The van der Waals surface area contributed by atoms with Crippen molar-refractivity contribution in [1.82, 2.24) is 10.0 Å². The highest BCUT2D eigenvalue weighted by atomic mass is 32.2. The number of fused-ring (bicyclic) bond motifs is 1. The number of aryl methyl sites for hydroxylation is 1. The Balaban J connectivity index is 1.28. The zero-order chi connectivity index (χ0) is 29.0. The monoisotopic (exact) mass is 584 g/mol. The number of carbonyl (C=O) groups is 1. The first-order chi connectivity index (χ1) is 19.6. The van der Waals surface area contributed by atoms with Crippen LogP contribution in [0, 0.1) is 5.92 Å². The number of sulfonamides is 1. The molecule has 0 saturated heterocycles. The molecule has 1 saturated carbocycles. The van der Waals surface area contributed by atoms with Crippen LogP contribution in [0.3, 0.4) is 0 Å². The normalized spacial score (nSPS) is 18.6. The summed E-state index contributed by atoms with van der Waals surface area (Å²) in [6.07, 6.45) is 4.36. The second-order valence-electron chi connectivity index (χ2n) is 11.2. The van der Waals surface area contributed by atoms with Gasteiger partial charge in [-0.15, -0.1) is 0 Å². The third-order valence-corrected chi connectivity index (χ3v) is 9.70. The molecule has 41 heavy (non-hydrogen) atoms. The molecule has 3 aromatic rings. The molecule has 9 heteroatoms. The van der Waals surface area contributed by atoms with E-state index in [1.807, 2.05) is 0 Å². The van der Waals surface area contributed by atoms with Crippen LogP contribution in [0.15, 0.2) is 77.7 Å². The average Bonchev–Trinajstić information content (AvgIpc) is 3.35. The van der Waals surface area contributed by atoms with Crippen LogP contribution in [0.25, 0.3) is 0 Å². The van der Waals surface area contributed by atoms with E-state index in [0.717, 1.165) is 48.9 Å². The number of benzene rings is 3. The van der Waals surface area contributed by atoms with E-state index < -0.39 is 32.7 Å². The maximum absolute atomic E-state index is 13.2. The van der Waals surface area contributed by atoms with Gasteiger partial charge in [-0.05, 0) is 65.6 Å². The van der Waals surface area contributed by atoms with E-state index in [1.54, 1.807) is 30.3 Å². The summed E-state index contributed by atoms with van der Waals surface area (Å²) in [4.78, 5) is 12.7. The lowest BCUT2D eigenvalue weighted by atomic mass is 9.84. The lowest BCUT2D eigenvalue weighted by Crippen LogP contribution is -2.35. The fourth-order valence-corrected chi connectivity index (χ4v) is 7.39. The molecule has 0 spiro atoms. The van der Waals surface area contributed by atoms with Gasteiger partial charge in [0, 0.05) is 6.42 Å². The van der Waals surface area contributed by atoms with Crippen molar-refractivity contribution in [2.24, 2.45) is 5.92 Å². The van der Waals surface area contributed by atoms with Crippen molar-refractivity contribution in [1.29, 1.82) is 0 Å². The second-order valence-corrected chi connectivity index (χ2v) is 12.9. The van der Waals surface area contributed by atoms with Gasteiger partial charge in [0.15, 0.2) is 0 Å². The summed E-state index contributed by atoms with van der Waals surface area (Å²) in [5, 5.41) is 3.07. The number of rotatable bonds is 9. The van der Waals surface area contributed by atoms with E-state index in [1.165, 1.54) is 43.2 Å². The van der Waals surface area contributed by atoms with Crippen molar-refractivity contribution in [2.75, 3.05) is 0 Å². The number of carbonyl (C=O) groups excluding carboxylic acids is 1. The van der Waals surface area contributed by atoms with Crippen LogP contribution in [-0.2, 0) is 33.8 Å². The molecule has 0 unspecified atom stereocenters. The number of halogens is 3. The molecule has 0 aliphatic heterocycles. The fourth-order valence-electron chi connectivity index (χ4n) is 6.12. The van der Waals surface area contributed by atoms with Gasteiger partial charge < -0.3 is 5.32 Å². The summed E-state index contributed by atoms with van der Waals surface area (Å²) in [6.45, 7) is 0. The molecule has 5 nitrogen and oxygen atoms in total. The topological polar surface area (TPSA) is 75.3 Å². The van der Waals surface area contributed by atoms with E-state index in [-0.39, 0.29) is 18.4 Å². The van der Waals surface area contributed by atoms with Crippen LogP contribution >= 0.6 is 0 Å². The molecule has 2 aliphatic carbocycles. The Morgan fingerprint density at radius 1 is 0.902 bits per heavy atom. The van der Waals surface area contributed by atoms with E-state index in [2.05, 4.69) is 28.2 Å². The van der Waals surface area contributed by atoms with E-state index in [0.29, 0.717) is 11.6 Å².